The van der Waals surface area contributed by atoms with Crippen LogP contribution in [-0.4, -0.2) is 44.0 Å². The Hall–Kier alpha value is -2.01. The Morgan fingerprint density at radius 2 is 2.04 bits per heavy atom. The zero-order valence-electron chi connectivity index (χ0n) is 13.0. The Morgan fingerprint density at radius 3 is 2.65 bits per heavy atom. The molecule has 1 aromatic heterocycles. The number of carbonyl (C=O) groups excluding carboxylic acids is 1. The van der Waals surface area contributed by atoms with E-state index in [0.29, 0.717) is 24.2 Å². The Morgan fingerprint density at radius 1 is 1.31 bits per heavy atom. The first-order valence-corrected chi connectivity index (χ1v) is 9.70. The van der Waals surface area contributed by atoms with Crippen LogP contribution in [0, 0.1) is 0 Å². The maximum absolute atomic E-state index is 13.3. The highest BCUT2D eigenvalue weighted by Gasteiger charge is 2.47. The second-order valence-electron chi connectivity index (χ2n) is 5.65. The van der Waals surface area contributed by atoms with Crippen LogP contribution in [0.5, 0.6) is 0 Å². The number of benzene rings is 1. The summed E-state index contributed by atoms with van der Waals surface area (Å²) in [5.41, 5.74) is -5.65. The molecule has 1 aromatic carbocycles. The van der Waals surface area contributed by atoms with Crippen LogP contribution in [0.15, 0.2) is 35.4 Å². The average molecular weight is 408 g/mol. The van der Waals surface area contributed by atoms with Crippen molar-refractivity contribution in [3.05, 3.63) is 40.9 Å². The van der Waals surface area contributed by atoms with Gasteiger partial charge in [-0.3, -0.25) is 4.79 Å². The van der Waals surface area contributed by atoms with E-state index in [4.69, 9.17) is 0 Å². The summed E-state index contributed by atoms with van der Waals surface area (Å²) in [6.07, 6.45) is 0.640. The monoisotopic (exact) mass is 408 g/mol. The van der Waals surface area contributed by atoms with Gasteiger partial charge in [-0.05, 0) is 18.6 Å². The smallest absolute Gasteiger partial charge is 0.345 e. The number of anilines is 1. The fourth-order valence-electron chi connectivity index (χ4n) is 2.49. The molecule has 1 aliphatic heterocycles. The van der Waals surface area contributed by atoms with Gasteiger partial charge in [-0.1, -0.05) is 23.5 Å². The molecule has 0 spiro atoms. The zero-order valence-corrected chi connectivity index (χ0v) is 14.7. The van der Waals surface area contributed by atoms with Crippen LogP contribution in [0.3, 0.4) is 0 Å². The minimum absolute atomic E-state index is 0.129. The van der Waals surface area contributed by atoms with Crippen molar-refractivity contribution < 1.29 is 30.8 Å². The molecule has 1 saturated heterocycles. The first-order chi connectivity index (χ1) is 12.1. The van der Waals surface area contributed by atoms with E-state index in [0.717, 1.165) is 23.5 Å². The lowest BCUT2D eigenvalue weighted by molar-refractivity contribution is -0.0436. The van der Waals surface area contributed by atoms with E-state index in [1.54, 1.807) is 4.90 Å². The van der Waals surface area contributed by atoms with E-state index in [1.165, 1.54) is 12.3 Å². The molecule has 0 unspecified atom stereocenters. The van der Waals surface area contributed by atoms with Gasteiger partial charge in [0.15, 0.2) is 5.13 Å². The van der Waals surface area contributed by atoms with Gasteiger partial charge < -0.3 is 4.90 Å². The van der Waals surface area contributed by atoms with Crippen LogP contribution in [0.2, 0.25) is 0 Å². The van der Waals surface area contributed by atoms with Crippen molar-refractivity contribution in [1.29, 1.82) is 0 Å². The van der Waals surface area contributed by atoms with Crippen molar-refractivity contribution in [3.8, 4) is 0 Å². The number of alkyl halides is 4. The van der Waals surface area contributed by atoms with Crippen molar-refractivity contribution in [2.45, 2.75) is 23.0 Å². The van der Waals surface area contributed by atoms with E-state index in [9.17, 15) is 30.8 Å². The van der Waals surface area contributed by atoms with Gasteiger partial charge in [-0.25, -0.2) is 17.8 Å². The molecule has 5 nitrogen and oxygen atoms in total. The number of rotatable bonds is 4. The van der Waals surface area contributed by atoms with Crippen LogP contribution >= 0.6 is 11.3 Å². The molecule has 0 N–H and O–H groups in total. The molecule has 3 rings (SSSR count). The average Bonchev–Trinajstić information content (AvgIpc) is 3.22. The Balaban J connectivity index is 1.87. The van der Waals surface area contributed by atoms with E-state index >= 15 is 0 Å². The largest absolute Gasteiger partial charge is 0.501 e. The fourth-order valence-corrected chi connectivity index (χ4v) is 4.21. The van der Waals surface area contributed by atoms with Crippen LogP contribution < -0.4 is 4.90 Å². The highest BCUT2D eigenvalue weighted by molar-refractivity contribution is 7.92. The predicted octanol–water partition coefficient (Wildman–Crippen LogP) is 3.22. The molecule has 140 valence electrons. The van der Waals surface area contributed by atoms with E-state index < -0.39 is 32.2 Å². The molecule has 1 atom stereocenters. The van der Waals surface area contributed by atoms with Gasteiger partial charge in [0.25, 0.3) is 9.84 Å². The van der Waals surface area contributed by atoms with Crippen molar-refractivity contribution in [2.24, 2.45) is 0 Å². The Labute approximate surface area is 150 Å². The van der Waals surface area contributed by atoms with E-state index in [1.807, 2.05) is 0 Å². The quantitative estimate of drug-likeness (QED) is 0.574. The van der Waals surface area contributed by atoms with Crippen molar-refractivity contribution in [2.75, 3.05) is 18.0 Å². The summed E-state index contributed by atoms with van der Waals surface area (Å²) in [7, 11) is -5.54. The predicted molar refractivity (Wildman–Crippen MR) is 87.0 cm³/mol. The lowest BCUT2D eigenvalue weighted by atomic mass is 10.1. The minimum Gasteiger partial charge on any atom is -0.345 e. The highest BCUT2D eigenvalue weighted by Crippen LogP contribution is 2.32. The van der Waals surface area contributed by atoms with Crippen LogP contribution in [0.4, 0.5) is 22.7 Å². The minimum atomic E-state index is -5.54. The molecule has 2 aromatic rings. The molecule has 11 heteroatoms. The molecule has 2 heterocycles. The van der Waals surface area contributed by atoms with Crippen LogP contribution in [0.1, 0.15) is 21.7 Å². The molecule has 0 bridgehead atoms. The number of thiazole rings is 1. The van der Waals surface area contributed by atoms with Gasteiger partial charge in [0.2, 0.25) is 5.78 Å². The first-order valence-electron chi connectivity index (χ1n) is 7.40. The summed E-state index contributed by atoms with van der Waals surface area (Å²) in [5, 5.41) is 0.438. The summed E-state index contributed by atoms with van der Waals surface area (Å²) in [6, 6.07) is 3.77. The summed E-state index contributed by atoms with van der Waals surface area (Å²) < 4.78 is 74.2. The van der Waals surface area contributed by atoms with Gasteiger partial charge in [0, 0.05) is 12.1 Å². The molecule has 0 amide bonds. The lowest BCUT2D eigenvalue weighted by Crippen LogP contribution is -2.23. The van der Waals surface area contributed by atoms with Crippen LogP contribution in [0.25, 0.3) is 0 Å². The number of nitrogens with zero attached hydrogens (tertiary/aromatic N) is 2. The lowest BCUT2D eigenvalue weighted by Gasteiger charge is -2.12. The van der Waals surface area contributed by atoms with Crippen molar-refractivity contribution in [3.63, 3.8) is 0 Å². The van der Waals surface area contributed by atoms with E-state index in [-0.39, 0.29) is 17.0 Å². The number of hydrogen-bond donors (Lipinski definition) is 0. The van der Waals surface area contributed by atoms with Crippen molar-refractivity contribution >= 4 is 32.1 Å². The molecule has 0 aliphatic carbocycles. The molecule has 26 heavy (non-hydrogen) atoms. The third kappa shape index (κ3) is 3.45. The summed E-state index contributed by atoms with van der Waals surface area (Å²) in [5.74, 6) is -0.649. The standard InChI is InChI=1S/C15H12F4N2O3S2/c16-10-4-5-21(8-10)14-20-7-12(25-14)13(22)9-2-1-3-11(6-9)26(23,24)15(17,18)19/h1-3,6-7,10H,4-5,8H2/t10-/m1/s1. The maximum atomic E-state index is 13.3. The van der Waals surface area contributed by atoms with Gasteiger partial charge in [-0.15, -0.1) is 0 Å². The van der Waals surface area contributed by atoms with Crippen LogP contribution in [-0.2, 0) is 9.84 Å². The number of aromatic nitrogens is 1. The second-order valence-corrected chi connectivity index (χ2v) is 8.60. The summed E-state index contributed by atoms with van der Waals surface area (Å²) >= 11 is 0.981. The molecular weight excluding hydrogens is 396 g/mol. The number of hydrogen-bond acceptors (Lipinski definition) is 6. The van der Waals surface area contributed by atoms with Gasteiger partial charge in [0.05, 0.1) is 22.5 Å². The number of halogens is 4. The SMILES string of the molecule is O=C(c1cccc(S(=O)(=O)C(F)(F)F)c1)c1cnc(N2CC[C@@H](F)C2)s1. The van der Waals surface area contributed by atoms with E-state index in [2.05, 4.69) is 4.98 Å². The third-order valence-electron chi connectivity index (χ3n) is 3.83. The summed E-state index contributed by atoms with van der Waals surface area (Å²) in [6.45, 7) is 0.627. The third-order valence-corrected chi connectivity index (χ3v) is 6.37. The zero-order chi connectivity index (χ0) is 19.1. The Bertz CT molecular complexity index is 940. The van der Waals surface area contributed by atoms with Gasteiger partial charge >= 0.3 is 5.51 Å². The second kappa shape index (κ2) is 6.62. The van der Waals surface area contributed by atoms with Gasteiger partial charge in [-0.2, -0.15) is 13.2 Å². The molecular formula is C15H12F4N2O3S2. The summed E-state index contributed by atoms with van der Waals surface area (Å²) in [4.78, 5) is 17.3. The number of ketones is 1. The molecule has 1 aliphatic rings. The topological polar surface area (TPSA) is 67.3 Å². The number of carbonyl (C=O) groups is 1. The first kappa shape index (κ1) is 18.8. The van der Waals surface area contributed by atoms with Gasteiger partial charge in [0.1, 0.15) is 6.17 Å². The maximum Gasteiger partial charge on any atom is 0.501 e. The highest BCUT2D eigenvalue weighted by atomic mass is 32.2. The number of sulfone groups is 1. The molecule has 0 radical (unpaired) electrons. The Kier molecular flexibility index (Phi) is 4.78. The normalized spacial score (nSPS) is 18.3. The molecule has 0 saturated carbocycles. The molecule has 1 fully saturated rings. The van der Waals surface area contributed by atoms with Crippen molar-refractivity contribution in [1.82, 2.24) is 4.98 Å². The fraction of sp³-hybridized carbons (Fsp3) is 0.333.